The molecule has 70 valence electrons. The molecule has 0 heterocycles. The minimum Gasteiger partial charge on any atom is -0.478 e. The number of rotatable bonds is 3. The highest BCUT2D eigenvalue weighted by atomic mass is 16.4. The molecule has 0 saturated heterocycles. The molecule has 0 saturated carbocycles. The maximum absolute atomic E-state index is 10.3. The number of aliphatic carboxylic acids is 1. The van der Waals surface area contributed by atoms with Crippen LogP contribution in [0.3, 0.4) is 0 Å². The molecule has 12 heavy (non-hydrogen) atoms. The van der Waals surface area contributed by atoms with Gasteiger partial charge in [0.1, 0.15) is 0 Å². The van der Waals surface area contributed by atoms with E-state index in [9.17, 15) is 9.90 Å². The van der Waals surface area contributed by atoms with Gasteiger partial charge in [-0.1, -0.05) is 19.4 Å². The van der Waals surface area contributed by atoms with Crippen LogP contribution in [0.15, 0.2) is 11.6 Å². The average Bonchev–Trinajstić information content (AvgIpc) is 1.85. The highest BCUT2D eigenvalue weighted by Crippen LogP contribution is 2.29. The number of carboxylic acid groups (broad SMARTS) is 1. The van der Waals surface area contributed by atoms with Crippen LogP contribution in [-0.2, 0) is 4.79 Å². The third-order valence-corrected chi connectivity index (χ3v) is 2.40. The smallest absolute Gasteiger partial charge is 0.328 e. The molecule has 0 radical (unpaired) electrons. The Hall–Kier alpha value is -0.830. The van der Waals surface area contributed by atoms with Gasteiger partial charge in [-0.2, -0.15) is 0 Å². The second kappa shape index (κ2) is 3.72. The fraction of sp³-hybridized carbons (Fsp3) is 0.667. The van der Waals surface area contributed by atoms with E-state index in [4.69, 9.17) is 5.11 Å². The Kier molecular flexibility index (Phi) is 3.46. The average molecular weight is 172 g/mol. The molecule has 1 unspecified atom stereocenters. The number of hydrogen-bond donors (Lipinski definition) is 2. The zero-order chi connectivity index (χ0) is 9.94. The van der Waals surface area contributed by atoms with Crippen LogP contribution in [0.5, 0.6) is 0 Å². The molecular weight excluding hydrogens is 156 g/mol. The van der Waals surface area contributed by atoms with Crippen LogP contribution in [0.1, 0.15) is 27.7 Å². The van der Waals surface area contributed by atoms with Gasteiger partial charge in [-0.15, -0.1) is 0 Å². The summed E-state index contributed by atoms with van der Waals surface area (Å²) in [5, 5.41) is 17.8. The molecule has 0 aromatic heterocycles. The molecule has 3 heteroatoms. The molecule has 0 aromatic rings. The van der Waals surface area contributed by atoms with Crippen LogP contribution in [0.2, 0.25) is 0 Å². The number of carboxylic acids is 1. The fourth-order valence-corrected chi connectivity index (χ4v) is 0.701. The summed E-state index contributed by atoms with van der Waals surface area (Å²) in [4.78, 5) is 10.3. The lowest BCUT2D eigenvalue weighted by molar-refractivity contribution is -0.131. The first kappa shape index (κ1) is 11.2. The normalized spacial score (nSPS) is 15.9. The molecule has 0 bridgehead atoms. The summed E-state index contributed by atoms with van der Waals surface area (Å²) < 4.78 is 0. The van der Waals surface area contributed by atoms with Crippen molar-refractivity contribution in [2.45, 2.75) is 33.8 Å². The van der Waals surface area contributed by atoms with E-state index in [1.165, 1.54) is 0 Å². The van der Waals surface area contributed by atoms with Crippen LogP contribution < -0.4 is 0 Å². The molecule has 0 aliphatic rings. The van der Waals surface area contributed by atoms with Crippen molar-refractivity contribution in [3.05, 3.63) is 11.6 Å². The fourth-order valence-electron chi connectivity index (χ4n) is 0.701. The highest BCUT2D eigenvalue weighted by Gasteiger charge is 2.26. The maximum atomic E-state index is 10.3. The van der Waals surface area contributed by atoms with E-state index in [0.29, 0.717) is 5.57 Å². The zero-order valence-corrected chi connectivity index (χ0v) is 7.96. The molecule has 0 fully saturated rings. The second-order valence-electron chi connectivity index (χ2n) is 3.56. The highest BCUT2D eigenvalue weighted by molar-refractivity contribution is 5.80. The monoisotopic (exact) mass is 172 g/mol. The predicted octanol–water partition coefficient (Wildman–Crippen LogP) is 1.42. The second-order valence-corrected chi connectivity index (χ2v) is 3.56. The van der Waals surface area contributed by atoms with Crippen molar-refractivity contribution in [2.75, 3.05) is 0 Å². The molecule has 0 spiro atoms. The predicted molar refractivity (Wildman–Crippen MR) is 46.9 cm³/mol. The molecule has 0 amide bonds. The van der Waals surface area contributed by atoms with Crippen LogP contribution in [-0.4, -0.2) is 22.3 Å². The van der Waals surface area contributed by atoms with Gasteiger partial charge < -0.3 is 10.2 Å². The number of carbonyl (C=O) groups is 1. The molecule has 0 rings (SSSR count). The van der Waals surface area contributed by atoms with E-state index in [2.05, 4.69) is 0 Å². The summed E-state index contributed by atoms with van der Waals surface area (Å²) in [7, 11) is 0. The van der Waals surface area contributed by atoms with Crippen molar-refractivity contribution >= 4 is 5.97 Å². The van der Waals surface area contributed by atoms with Gasteiger partial charge >= 0.3 is 5.97 Å². The van der Waals surface area contributed by atoms with Crippen LogP contribution in [0.4, 0.5) is 0 Å². The lowest BCUT2D eigenvalue weighted by Gasteiger charge is -2.28. The Morgan fingerprint density at radius 3 is 2.17 bits per heavy atom. The van der Waals surface area contributed by atoms with Crippen molar-refractivity contribution in [1.82, 2.24) is 0 Å². The first-order chi connectivity index (χ1) is 5.28. The molecule has 2 N–H and O–H groups in total. The molecule has 0 aliphatic heterocycles. The third-order valence-electron chi connectivity index (χ3n) is 2.40. The van der Waals surface area contributed by atoms with Gasteiger partial charge in [0.25, 0.3) is 0 Å². The Labute approximate surface area is 72.7 Å². The van der Waals surface area contributed by atoms with Gasteiger partial charge in [-0.25, -0.2) is 4.79 Å². The lowest BCUT2D eigenvalue weighted by Crippen LogP contribution is -2.27. The van der Waals surface area contributed by atoms with Gasteiger partial charge in [0, 0.05) is 11.5 Å². The Morgan fingerprint density at radius 2 is 1.92 bits per heavy atom. The van der Waals surface area contributed by atoms with Crippen molar-refractivity contribution < 1.29 is 15.0 Å². The summed E-state index contributed by atoms with van der Waals surface area (Å²) >= 11 is 0. The molecule has 0 aliphatic carbocycles. The van der Waals surface area contributed by atoms with E-state index in [0.717, 1.165) is 6.08 Å². The first-order valence-corrected chi connectivity index (χ1v) is 3.88. The summed E-state index contributed by atoms with van der Waals surface area (Å²) in [6, 6.07) is 0. The molecule has 0 aromatic carbocycles. The van der Waals surface area contributed by atoms with E-state index >= 15 is 0 Å². The number of aliphatic hydroxyl groups is 1. The van der Waals surface area contributed by atoms with Crippen molar-refractivity contribution in [3.63, 3.8) is 0 Å². The van der Waals surface area contributed by atoms with Gasteiger partial charge in [0.05, 0.1) is 6.10 Å². The maximum Gasteiger partial charge on any atom is 0.328 e. The van der Waals surface area contributed by atoms with Gasteiger partial charge in [-0.3, -0.25) is 0 Å². The Bertz CT molecular complexity index is 202. The van der Waals surface area contributed by atoms with Gasteiger partial charge in [-0.05, 0) is 13.8 Å². The van der Waals surface area contributed by atoms with Crippen LogP contribution >= 0.6 is 0 Å². The van der Waals surface area contributed by atoms with E-state index in [-0.39, 0.29) is 0 Å². The Morgan fingerprint density at radius 1 is 1.50 bits per heavy atom. The van der Waals surface area contributed by atoms with Crippen molar-refractivity contribution in [1.29, 1.82) is 0 Å². The van der Waals surface area contributed by atoms with E-state index in [1.54, 1.807) is 13.8 Å². The standard InChI is InChI=1S/C9H16O3/c1-6(5-8(11)12)9(3,4)7(2)10/h5,7,10H,1-4H3,(H,11,12)/b6-5+. The topological polar surface area (TPSA) is 57.5 Å². The summed E-state index contributed by atoms with van der Waals surface area (Å²) in [5.74, 6) is -0.971. The quantitative estimate of drug-likeness (QED) is 0.633. The van der Waals surface area contributed by atoms with Gasteiger partial charge in [0.2, 0.25) is 0 Å². The van der Waals surface area contributed by atoms with Crippen molar-refractivity contribution in [2.24, 2.45) is 5.41 Å². The zero-order valence-electron chi connectivity index (χ0n) is 7.96. The van der Waals surface area contributed by atoms with Gasteiger partial charge in [0.15, 0.2) is 0 Å². The molecule has 1 atom stereocenters. The minimum absolute atomic E-state index is 0.474. The van der Waals surface area contributed by atoms with Crippen LogP contribution in [0, 0.1) is 5.41 Å². The Balaban J connectivity index is 4.67. The van der Waals surface area contributed by atoms with E-state index < -0.39 is 17.5 Å². The largest absolute Gasteiger partial charge is 0.478 e. The minimum atomic E-state index is -0.971. The molecule has 3 nitrogen and oxygen atoms in total. The number of aliphatic hydroxyl groups excluding tert-OH is 1. The van der Waals surface area contributed by atoms with Crippen LogP contribution in [0.25, 0.3) is 0 Å². The summed E-state index contributed by atoms with van der Waals surface area (Å²) in [5.41, 5.74) is 0.197. The summed E-state index contributed by atoms with van der Waals surface area (Å²) in [6.07, 6.45) is 0.584. The third kappa shape index (κ3) is 2.66. The van der Waals surface area contributed by atoms with E-state index in [1.807, 2.05) is 13.8 Å². The van der Waals surface area contributed by atoms with Crippen molar-refractivity contribution in [3.8, 4) is 0 Å². The number of hydrogen-bond acceptors (Lipinski definition) is 2. The SMILES string of the molecule is C/C(=C\C(=O)O)C(C)(C)C(C)O. The first-order valence-electron chi connectivity index (χ1n) is 3.88. The molecular formula is C9H16O3. The summed E-state index contributed by atoms with van der Waals surface area (Å²) in [6.45, 7) is 6.99. The lowest BCUT2D eigenvalue weighted by atomic mass is 9.80.